The van der Waals surface area contributed by atoms with Crippen LogP contribution in [0.25, 0.3) is 0 Å². The predicted molar refractivity (Wildman–Crippen MR) is 136 cm³/mol. The Morgan fingerprint density at radius 3 is 1.94 bits per heavy atom. The summed E-state index contributed by atoms with van der Waals surface area (Å²) in [5.74, 6) is 0.732. The van der Waals surface area contributed by atoms with Gasteiger partial charge in [0.2, 0.25) is 0 Å². The average molecular weight is 577 g/mol. The first-order chi connectivity index (χ1) is 16.4. The van der Waals surface area contributed by atoms with Gasteiger partial charge in [-0.2, -0.15) is 0 Å². The van der Waals surface area contributed by atoms with Crippen LogP contribution in [0.5, 0.6) is 0 Å². The molecule has 212 valence electrons. The van der Waals surface area contributed by atoms with Gasteiger partial charge in [-0.1, -0.05) is 6.42 Å². The highest BCUT2D eigenvalue weighted by atomic mass is 31.2. The van der Waals surface area contributed by atoms with E-state index >= 15 is 0 Å². The Balaban J connectivity index is 1.70. The average Bonchev–Trinajstić information content (AvgIpc) is 3.19. The van der Waals surface area contributed by atoms with Crippen LogP contribution < -0.4 is 0 Å². The summed E-state index contributed by atoms with van der Waals surface area (Å²) in [4.78, 5) is 60.9. The fraction of sp³-hybridized carbons (Fsp3) is 1.00. The molecule has 1 spiro atoms. The fourth-order valence-electron chi connectivity index (χ4n) is 7.38. The Hall–Kier alpha value is 0.330. The summed E-state index contributed by atoms with van der Waals surface area (Å²) >= 11 is 0. The molecular weight excluding hydrogens is 531 g/mol. The molecule has 5 unspecified atom stereocenters. The van der Waals surface area contributed by atoms with Crippen LogP contribution in [0.15, 0.2) is 0 Å². The molecule has 36 heavy (non-hydrogen) atoms. The number of rotatable bonds is 12. The van der Waals surface area contributed by atoms with Gasteiger partial charge in [-0.3, -0.25) is 23.1 Å². The second-order valence-corrected chi connectivity index (χ2v) is 16.9. The predicted octanol–water partition coefficient (Wildman–Crippen LogP) is 1.82. The third-order valence-electron chi connectivity index (χ3n) is 8.29. The van der Waals surface area contributed by atoms with Gasteiger partial charge in [-0.05, 0) is 58.0 Å². The van der Waals surface area contributed by atoms with Gasteiger partial charge in [-0.15, -0.1) is 0 Å². The lowest BCUT2D eigenvalue weighted by atomic mass is 9.79. The molecular formula is C21H45N3O9P3+. The van der Waals surface area contributed by atoms with Crippen molar-refractivity contribution in [1.82, 2.24) is 9.80 Å². The lowest BCUT2D eigenvalue weighted by Gasteiger charge is -2.38. The smallest absolute Gasteiger partial charge is 0.324 e. The molecule has 3 rings (SSSR count). The van der Waals surface area contributed by atoms with E-state index in [-0.39, 0.29) is 30.2 Å². The molecule has 0 amide bonds. The SMILES string of the molecule is CN(C)CC1CCCC2(C1)C[N+]2(CC1CCCC(CN(CP(=O)(O)O)CP(=O)(O)O)C1)CP(=O)(O)O. The van der Waals surface area contributed by atoms with Gasteiger partial charge >= 0.3 is 22.8 Å². The van der Waals surface area contributed by atoms with Crippen LogP contribution >= 0.6 is 22.8 Å². The second kappa shape index (κ2) is 11.4. The van der Waals surface area contributed by atoms with Gasteiger partial charge in [-0.25, -0.2) is 0 Å². The molecule has 15 heteroatoms. The zero-order chi connectivity index (χ0) is 27.0. The molecule has 12 nitrogen and oxygen atoms in total. The Bertz CT molecular complexity index is 882. The summed E-state index contributed by atoms with van der Waals surface area (Å²) in [6.45, 7) is 2.61. The fourth-order valence-corrected chi connectivity index (χ4v) is 10.2. The van der Waals surface area contributed by atoms with Crippen molar-refractivity contribution in [2.24, 2.45) is 17.8 Å². The highest BCUT2D eigenvalue weighted by Crippen LogP contribution is 2.59. The largest absolute Gasteiger partial charge is 0.379 e. The number of nitrogens with zero attached hydrogens (tertiary/aromatic N) is 3. The van der Waals surface area contributed by atoms with Gasteiger partial charge in [0.05, 0.1) is 6.54 Å². The zero-order valence-electron chi connectivity index (χ0n) is 21.4. The van der Waals surface area contributed by atoms with Crippen molar-refractivity contribution in [3.8, 4) is 0 Å². The molecule has 3 aliphatic rings. The number of quaternary nitrogens is 1. The third kappa shape index (κ3) is 9.22. The van der Waals surface area contributed by atoms with E-state index in [1.807, 2.05) is 0 Å². The van der Waals surface area contributed by atoms with E-state index in [4.69, 9.17) is 0 Å². The van der Waals surface area contributed by atoms with E-state index in [0.717, 1.165) is 64.5 Å². The van der Waals surface area contributed by atoms with Crippen molar-refractivity contribution in [2.75, 3.05) is 59.1 Å². The third-order valence-corrected chi connectivity index (χ3v) is 10.7. The molecule has 1 aliphatic heterocycles. The van der Waals surface area contributed by atoms with Crippen LogP contribution in [0.2, 0.25) is 0 Å². The van der Waals surface area contributed by atoms with Gasteiger partial charge < -0.3 is 34.3 Å². The van der Waals surface area contributed by atoms with Crippen LogP contribution in [0.1, 0.15) is 51.4 Å². The van der Waals surface area contributed by atoms with Gasteiger partial charge in [0.25, 0.3) is 0 Å². The van der Waals surface area contributed by atoms with Crippen LogP contribution in [0.3, 0.4) is 0 Å². The first-order valence-electron chi connectivity index (χ1n) is 12.8. The Labute approximate surface area is 214 Å². The van der Waals surface area contributed by atoms with Crippen molar-refractivity contribution in [3.05, 3.63) is 0 Å². The minimum Gasteiger partial charge on any atom is -0.324 e. The van der Waals surface area contributed by atoms with Gasteiger partial charge in [0.1, 0.15) is 24.7 Å². The maximum absolute atomic E-state index is 12.2. The Morgan fingerprint density at radius 2 is 1.39 bits per heavy atom. The number of hydrogen-bond acceptors (Lipinski definition) is 5. The summed E-state index contributed by atoms with van der Waals surface area (Å²) in [7, 11) is -9.11. The molecule has 0 bridgehead atoms. The quantitative estimate of drug-likeness (QED) is 0.113. The Morgan fingerprint density at radius 1 is 0.806 bits per heavy atom. The summed E-state index contributed by atoms with van der Waals surface area (Å²) in [6, 6.07) is 0. The van der Waals surface area contributed by atoms with Gasteiger partial charge in [0.15, 0.2) is 6.29 Å². The molecule has 0 aromatic rings. The highest BCUT2D eigenvalue weighted by molar-refractivity contribution is 7.52. The molecule has 5 atom stereocenters. The Kier molecular flexibility index (Phi) is 9.81. The van der Waals surface area contributed by atoms with E-state index in [2.05, 4.69) is 19.0 Å². The maximum Gasteiger partial charge on any atom is 0.379 e. The van der Waals surface area contributed by atoms with Gasteiger partial charge in [0, 0.05) is 31.8 Å². The summed E-state index contributed by atoms with van der Waals surface area (Å²) in [5.41, 5.74) is -0.0835. The molecule has 1 saturated heterocycles. The topological polar surface area (TPSA) is 179 Å². The minimum atomic E-state index is -4.49. The lowest BCUT2D eigenvalue weighted by Crippen LogP contribution is -2.45. The van der Waals surface area contributed by atoms with Crippen molar-refractivity contribution in [2.45, 2.75) is 56.9 Å². The molecule has 1 heterocycles. The molecule has 0 aromatic carbocycles. The van der Waals surface area contributed by atoms with Crippen molar-refractivity contribution in [1.29, 1.82) is 0 Å². The second-order valence-electron chi connectivity index (χ2n) is 12.1. The molecule has 6 N–H and O–H groups in total. The summed E-state index contributed by atoms with van der Waals surface area (Å²) < 4.78 is 35.8. The number of hydrogen-bond donors (Lipinski definition) is 6. The lowest BCUT2D eigenvalue weighted by molar-refractivity contribution is -0.825. The zero-order valence-corrected chi connectivity index (χ0v) is 24.1. The monoisotopic (exact) mass is 576 g/mol. The van der Waals surface area contributed by atoms with E-state index in [9.17, 15) is 43.1 Å². The summed E-state index contributed by atoms with van der Waals surface area (Å²) in [6.07, 6.45) is 5.91. The first-order valence-corrected chi connectivity index (χ1v) is 18.2. The van der Waals surface area contributed by atoms with E-state index in [1.165, 1.54) is 4.90 Å². The van der Waals surface area contributed by atoms with E-state index < -0.39 is 35.4 Å². The normalized spacial score (nSPS) is 34.0. The highest BCUT2D eigenvalue weighted by Gasteiger charge is 2.71. The minimum absolute atomic E-state index is 0.0145. The molecule has 3 fully saturated rings. The molecule has 2 aliphatic carbocycles. The standard InChI is InChI=1S/C21H44N3O9P3/c1-22(2)11-20-7-4-8-21(10-20)14-24(21,17-36(31,32)33)13-19-6-3-5-18(9-19)12-23(15-34(25,26)27)16-35(28,29)30/h18-20H,3-17H2,1-2H3,(H5-,25,26,27,28,29,30,31,32,33)/p+1. The molecule has 2 saturated carbocycles. The van der Waals surface area contributed by atoms with E-state index in [1.54, 1.807) is 0 Å². The maximum atomic E-state index is 12.2. The van der Waals surface area contributed by atoms with E-state index in [0.29, 0.717) is 16.9 Å². The molecule has 0 radical (unpaired) electrons. The first kappa shape index (κ1) is 30.9. The van der Waals surface area contributed by atoms with Crippen LogP contribution in [-0.2, 0) is 13.7 Å². The summed E-state index contributed by atoms with van der Waals surface area (Å²) in [5, 5.41) is 0. The van der Waals surface area contributed by atoms with Crippen molar-refractivity contribution < 1.29 is 47.5 Å². The van der Waals surface area contributed by atoms with Crippen LogP contribution in [0.4, 0.5) is 0 Å². The van der Waals surface area contributed by atoms with Crippen molar-refractivity contribution in [3.63, 3.8) is 0 Å². The van der Waals surface area contributed by atoms with Crippen LogP contribution in [0, 0.1) is 17.8 Å². The van der Waals surface area contributed by atoms with Crippen LogP contribution in [-0.4, -0.2) is 108 Å². The van der Waals surface area contributed by atoms with Crippen molar-refractivity contribution >= 4 is 22.8 Å². The molecule has 0 aromatic heterocycles.